The van der Waals surface area contributed by atoms with Gasteiger partial charge >= 0.3 is 0 Å². The number of hydrogen-bond acceptors (Lipinski definition) is 2. The zero-order valence-corrected chi connectivity index (χ0v) is 13.8. The van der Waals surface area contributed by atoms with E-state index in [9.17, 15) is 5.11 Å². The van der Waals surface area contributed by atoms with Crippen molar-refractivity contribution in [1.82, 2.24) is 0 Å². The van der Waals surface area contributed by atoms with Crippen LogP contribution in [-0.4, -0.2) is 24.4 Å². The molecule has 20 heavy (non-hydrogen) atoms. The SMILES string of the molecule is CCCCCCCCCCCCC1(CO)CCOC1C. The Morgan fingerprint density at radius 2 is 1.50 bits per heavy atom. The highest BCUT2D eigenvalue weighted by Gasteiger charge is 2.40. The van der Waals surface area contributed by atoms with E-state index in [1.54, 1.807) is 0 Å². The lowest BCUT2D eigenvalue weighted by Gasteiger charge is -2.30. The molecule has 2 heteroatoms. The first-order chi connectivity index (χ1) is 9.75. The maximum Gasteiger partial charge on any atom is 0.0625 e. The van der Waals surface area contributed by atoms with Crippen molar-refractivity contribution in [2.75, 3.05) is 13.2 Å². The van der Waals surface area contributed by atoms with Crippen LogP contribution in [0.15, 0.2) is 0 Å². The van der Waals surface area contributed by atoms with E-state index in [0.717, 1.165) is 19.4 Å². The molecule has 0 aliphatic carbocycles. The largest absolute Gasteiger partial charge is 0.396 e. The van der Waals surface area contributed by atoms with Crippen LogP contribution in [0.1, 0.15) is 90.9 Å². The molecule has 1 N–H and O–H groups in total. The number of aliphatic hydroxyl groups is 1. The second-order valence-electron chi connectivity index (χ2n) is 6.72. The van der Waals surface area contributed by atoms with Gasteiger partial charge in [-0.1, -0.05) is 71.1 Å². The Balaban J connectivity index is 1.94. The van der Waals surface area contributed by atoms with Gasteiger partial charge in [0.05, 0.1) is 12.7 Å². The Morgan fingerprint density at radius 1 is 0.950 bits per heavy atom. The molecular weight excluding hydrogens is 248 g/mol. The van der Waals surface area contributed by atoms with Crippen LogP contribution >= 0.6 is 0 Å². The number of hydrogen-bond donors (Lipinski definition) is 1. The zero-order chi connectivity index (χ0) is 14.7. The van der Waals surface area contributed by atoms with Crippen LogP contribution in [0, 0.1) is 5.41 Å². The number of unbranched alkanes of at least 4 members (excludes halogenated alkanes) is 9. The van der Waals surface area contributed by atoms with E-state index in [4.69, 9.17) is 4.74 Å². The van der Waals surface area contributed by atoms with Crippen LogP contribution in [-0.2, 0) is 4.74 Å². The lowest BCUT2D eigenvalue weighted by Crippen LogP contribution is -2.32. The average molecular weight is 284 g/mol. The van der Waals surface area contributed by atoms with Crippen LogP contribution in [0.3, 0.4) is 0 Å². The number of rotatable bonds is 12. The van der Waals surface area contributed by atoms with Gasteiger partial charge in [-0.15, -0.1) is 0 Å². The Kier molecular flexibility index (Phi) is 9.54. The highest BCUT2D eigenvalue weighted by Crippen LogP contribution is 2.39. The summed E-state index contributed by atoms with van der Waals surface area (Å²) >= 11 is 0. The predicted octanol–water partition coefficient (Wildman–Crippen LogP) is 5.08. The van der Waals surface area contributed by atoms with Crippen molar-refractivity contribution in [1.29, 1.82) is 0 Å². The normalized spacial score (nSPS) is 26.2. The lowest BCUT2D eigenvalue weighted by molar-refractivity contribution is 0.0202. The van der Waals surface area contributed by atoms with E-state index in [1.807, 2.05) is 0 Å². The van der Waals surface area contributed by atoms with E-state index in [-0.39, 0.29) is 11.5 Å². The molecule has 120 valence electrons. The molecule has 1 aliphatic rings. The fraction of sp³-hybridized carbons (Fsp3) is 1.00. The van der Waals surface area contributed by atoms with Gasteiger partial charge < -0.3 is 9.84 Å². The van der Waals surface area contributed by atoms with E-state index in [0.29, 0.717) is 6.61 Å². The van der Waals surface area contributed by atoms with Gasteiger partial charge in [-0.3, -0.25) is 0 Å². The molecule has 0 radical (unpaired) electrons. The fourth-order valence-electron chi connectivity index (χ4n) is 3.40. The quantitative estimate of drug-likeness (QED) is 0.506. The number of aliphatic hydroxyl groups excluding tert-OH is 1. The van der Waals surface area contributed by atoms with Gasteiger partial charge in [0.25, 0.3) is 0 Å². The van der Waals surface area contributed by atoms with Crippen molar-refractivity contribution in [2.45, 2.75) is 97.0 Å². The van der Waals surface area contributed by atoms with E-state index >= 15 is 0 Å². The Labute approximate surface area is 126 Å². The van der Waals surface area contributed by atoms with Crippen molar-refractivity contribution >= 4 is 0 Å². The molecule has 2 nitrogen and oxygen atoms in total. The molecule has 0 saturated carbocycles. The first-order valence-corrected chi connectivity index (χ1v) is 8.97. The summed E-state index contributed by atoms with van der Waals surface area (Å²) in [6.45, 7) is 5.53. The molecule has 1 saturated heterocycles. The summed E-state index contributed by atoms with van der Waals surface area (Å²) in [4.78, 5) is 0. The maximum atomic E-state index is 9.65. The van der Waals surface area contributed by atoms with Crippen LogP contribution in [0.4, 0.5) is 0 Å². The molecule has 1 heterocycles. The van der Waals surface area contributed by atoms with E-state index in [2.05, 4.69) is 13.8 Å². The van der Waals surface area contributed by atoms with E-state index < -0.39 is 0 Å². The van der Waals surface area contributed by atoms with E-state index in [1.165, 1.54) is 64.2 Å². The zero-order valence-electron chi connectivity index (χ0n) is 13.8. The smallest absolute Gasteiger partial charge is 0.0625 e. The molecule has 1 rings (SSSR count). The van der Waals surface area contributed by atoms with Crippen molar-refractivity contribution in [3.63, 3.8) is 0 Å². The van der Waals surface area contributed by atoms with Gasteiger partial charge in [-0.05, 0) is 19.8 Å². The van der Waals surface area contributed by atoms with Crippen molar-refractivity contribution in [3.8, 4) is 0 Å². The first-order valence-electron chi connectivity index (χ1n) is 8.97. The highest BCUT2D eigenvalue weighted by molar-refractivity contribution is 4.88. The molecule has 2 atom stereocenters. The maximum absolute atomic E-state index is 9.65. The molecule has 0 spiro atoms. The van der Waals surface area contributed by atoms with Crippen molar-refractivity contribution in [3.05, 3.63) is 0 Å². The second-order valence-corrected chi connectivity index (χ2v) is 6.72. The van der Waals surface area contributed by atoms with Gasteiger partial charge in [-0.2, -0.15) is 0 Å². The lowest BCUT2D eigenvalue weighted by atomic mass is 9.78. The minimum atomic E-state index is 0.0696. The molecule has 0 amide bonds. The molecule has 1 aliphatic heterocycles. The summed E-state index contributed by atoms with van der Waals surface area (Å²) in [5.41, 5.74) is 0.0696. The first kappa shape index (κ1) is 18.0. The molecule has 1 fully saturated rings. The second kappa shape index (κ2) is 10.6. The van der Waals surface area contributed by atoms with Crippen molar-refractivity contribution in [2.24, 2.45) is 5.41 Å². The fourth-order valence-corrected chi connectivity index (χ4v) is 3.40. The van der Waals surface area contributed by atoms with Gasteiger partial charge in [0.1, 0.15) is 0 Å². The standard InChI is InChI=1S/C18H36O2/c1-3-4-5-6-7-8-9-10-11-12-13-18(16-19)14-15-20-17(18)2/h17,19H,3-16H2,1-2H3. The molecule has 0 aromatic carbocycles. The molecular formula is C18H36O2. The molecule has 0 aromatic heterocycles. The summed E-state index contributed by atoms with van der Waals surface area (Å²) in [6, 6.07) is 0. The van der Waals surface area contributed by atoms with Gasteiger partial charge in [0.15, 0.2) is 0 Å². The van der Waals surface area contributed by atoms with Crippen LogP contribution in [0.5, 0.6) is 0 Å². The Bertz CT molecular complexity index is 229. The average Bonchev–Trinajstić information content (AvgIpc) is 2.82. The van der Waals surface area contributed by atoms with Crippen molar-refractivity contribution < 1.29 is 9.84 Å². The monoisotopic (exact) mass is 284 g/mol. The van der Waals surface area contributed by atoms with Gasteiger partial charge in [0, 0.05) is 12.0 Å². The molecule has 2 unspecified atom stereocenters. The summed E-state index contributed by atoms with van der Waals surface area (Å²) in [5, 5.41) is 9.65. The summed E-state index contributed by atoms with van der Waals surface area (Å²) in [5.74, 6) is 0. The Hall–Kier alpha value is -0.0800. The van der Waals surface area contributed by atoms with Crippen LogP contribution < -0.4 is 0 Å². The van der Waals surface area contributed by atoms with Crippen LogP contribution in [0.25, 0.3) is 0 Å². The van der Waals surface area contributed by atoms with Crippen LogP contribution in [0.2, 0.25) is 0 Å². The highest BCUT2D eigenvalue weighted by atomic mass is 16.5. The minimum absolute atomic E-state index is 0.0696. The predicted molar refractivity (Wildman–Crippen MR) is 86.0 cm³/mol. The summed E-state index contributed by atoms with van der Waals surface area (Å²) < 4.78 is 5.64. The summed E-state index contributed by atoms with van der Waals surface area (Å²) in [6.07, 6.45) is 16.2. The topological polar surface area (TPSA) is 29.5 Å². The van der Waals surface area contributed by atoms with Gasteiger partial charge in [-0.25, -0.2) is 0 Å². The summed E-state index contributed by atoms with van der Waals surface area (Å²) in [7, 11) is 0. The third-order valence-electron chi connectivity index (χ3n) is 5.17. The van der Waals surface area contributed by atoms with Gasteiger partial charge in [0.2, 0.25) is 0 Å². The Morgan fingerprint density at radius 3 is 1.95 bits per heavy atom. The third kappa shape index (κ3) is 6.13. The third-order valence-corrected chi connectivity index (χ3v) is 5.17. The molecule has 0 aromatic rings. The number of ether oxygens (including phenoxy) is 1. The minimum Gasteiger partial charge on any atom is -0.396 e. The molecule has 0 bridgehead atoms.